The minimum atomic E-state index is -0.123. The minimum absolute atomic E-state index is 0.123. The first kappa shape index (κ1) is 14.6. The van der Waals surface area contributed by atoms with Gasteiger partial charge in [-0.3, -0.25) is 9.89 Å². The van der Waals surface area contributed by atoms with Gasteiger partial charge >= 0.3 is 0 Å². The maximum absolute atomic E-state index is 12.7. The first-order valence-corrected chi connectivity index (χ1v) is 7.73. The molecule has 24 heavy (non-hydrogen) atoms. The summed E-state index contributed by atoms with van der Waals surface area (Å²) in [5, 5.41) is 20.0. The lowest BCUT2D eigenvalue weighted by molar-refractivity contribution is 0.0859. The second-order valence-electron chi connectivity index (χ2n) is 6.13. The number of phenols is 1. The molecule has 0 unspecified atom stereocenters. The van der Waals surface area contributed by atoms with Gasteiger partial charge in [0, 0.05) is 18.7 Å². The van der Waals surface area contributed by atoms with E-state index < -0.39 is 0 Å². The van der Waals surface area contributed by atoms with E-state index in [9.17, 15) is 9.90 Å². The number of nitrogens with zero attached hydrogens (tertiary/aromatic N) is 3. The second kappa shape index (κ2) is 5.61. The number of amides is 1. The molecule has 2 aromatic heterocycles. The van der Waals surface area contributed by atoms with Crippen LogP contribution in [-0.4, -0.2) is 57.3 Å². The molecule has 3 aromatic rings. The number of aromatic amines is 1. The van der Waals surface area contributed by atoms with Crippen molar-refractivity contribution < 1.29 is 9.90 Å². The monoisotopic (exact) mass is 323 g/mol. The standard InChI is InChI=1S/C17H17N5O2/c1-22-8-11(9-22)19-17(24)13-6-15(10-2-4-12(23)5-3-10)20-16-14(13)7-18-21-16/h2-7,11,23H,8-9H2,1H3,(H,19,24)(H,18,20,21). The topological polar surface area (TPSA) is 94.1 Å². The Balaban J connectivity index is 1.72. The van der Waals surface area contributed by atoms with E-state index in [4.69, 9.17) is 0 Å². The molecule has 1 amide bonds. The third-order valence-corrected chi connectivity index (χ3v) is 4.23. The number of hydrogen-bond acceptors (Lipinski definition) is 5. The fourth-order valence-corrected chi connectivity index (χ4v) is 2.95. The Hall–Kier alpha value is -2.93. The Bertz CT molecular complexity index is 897. The van der Waals surface area contributed by atoms with Crippen molar-refractivity contribution in [1.29, 1.82) is 0 Å². The fraction of sp³-hybridized carbons (Fsp3) is 0.235. The molecule has 1 saturated heterocycles. The molecule has 4 rings (SSSR count). The number of pyridine rings is 1. The number of rotatable bonds is 3. The molecule has 0 saturated carbocycles. The van der Waals surface area contributed by atoms with Crippen molar-refractivity contribution in [3.05, 3.63) is 42.1 Å². The predicted molar refractivity (Wildman–Crippen MR) is 89.7 cm³/mol. The summed E-state index contributed by atoms with van der Waals surface area (Å²) in [6.45, 7) is 1.71. The first-order chi connectivity index (χ1) is 11.6. The number of nitrogens with one attached hydrogen (secondary N) is 2. The number of likely N-dealkylation sites (tertiary alicyclic amines) is 1. The molecule has 7 heteroatoms. The van der Waals surface area contributed by atoms with Gasteiger partial charge in [-0.05, 0) is 37.4 Å². The summed E-state index contributed by atoms with van der Waals surface area (Å²) in [5.41, 5.74) is 2.59. The molecule has 1 aliphatic heterocycles. The van der Waals surface area contributed by atoms with Crippen LogP contribution in [0.15, 0.2) is 36.5 Å². The number of benzene rings is 1. The summed E-state index contributed by atoms with van der Waals surface area (Å²) < 4.78 is 0. The van der Waals surface area contributed by atoms with Gasteiger partial charge < -0.3 is 15.3 Å². The lowest BCUT2D eigenvalue weighted by Gasteiger charge is -2.36. The summed E-state index contributed by atoms with van der Waals surface area (Å²) in [7, 11) is 2.02. The van der Waals surface area contributed by atoms with Gasteiger partial charge in [-0.15, -0.1) is 0 Å². The third kappa shape index (κ3) is 2.59. The van der Waals surface area contributed by atoms with Crippen molar-refractivity contribution in [2.45, 2.75) is 6.04 Å². The Kier molecular flexibility index (Phi) is 3.42. The Morgan fingerprint density at radius 1 is 1.33 bits per heavy atom. The zero-order chi connectivity index (χ0) is 16.7. The number of likely N-dealkylation sites (N-methyl/N-ethyl adjacent to an activating group) is 1. The van der Waals surface area contributed by atoms with Gasteiger partial charge in [0.1, 0.15) is 5.75 Å². The highest BCUT2D eigenvalue weighted by Gasteiger charge is 2.26. The molecule has 0 radical (unpaired) electrons. The van der Waals surface area contributed by atoms with E-state index in [-0.39, 0.29) is 17.7 Å². The molecule has 0 atom stereocenters. The summed E-state index contributed by atoms with van der Waals surface area (Å²) in [4.78, 5) is 19.3. The van der Waals surface area contributed by atoms with Crippen LogP contribution in [-0.2, 0) is 0 Å². The van der Waals surface area contributed by atoms with Gasteiger partial charge in [0.2, 0.25) is 0 Å². The SMILES string of the molecule is CN1CC(NC(=O)c2cc(-c3ccc(O)cc3)nc3[nH]ncc23)C1. The van der Waals surface area contributed by atoms with Crippen LogP contribution in [0, 0.1) is 0 Å². The largest absolute Gasteiger partial charge is 0.508 e. The molecule has 1 aromatic carbocycles. The van der Waals surface area contributed by atoms with Crippen LogP contribution in [0.2, 0.25) is 0 Å². The van der Waals surface area contributed by atoms with Gasteiger partial charge in [-0.1, -0.05) is 0 Å². The Morgan fingerprint density at radius 3 is 2.79 bits per heavy atom. The molecule has 0 aliphatic carbocycles. The van der Waals surface area contributed by atoms with E-state index in [1.807, 2.05) is 7.05 Å². The number of carbonyl (C=O) groups excluding carboxylic acids is 1. The average Bonchev–Trinajstić information content (AvgIpc) is 3.01. The number of carbonyl (C=O) groups is 1. The van der Waals surface area contributed by atoms with Gasteiger partial charge in [-0.25, -0.2) is 4.98 Å². The van der Waals surface area contributed by atoms with E-state index in [2.05, 4.69) is 25.4 Å². The smallest absolute Gasteiger partial charge is 0.252 e. The molecular formula is C17H17N5O2. The highest BCUT2D eigenvalue weighted by molar-refractivity contribution is 6.06. The normalized spacial score (nSPS) is 15.4. The van der Waals surface area contributed by atoms with E-state index in [1.165, 1.54) is 0 Å². The van der Waals surface area contributed by atoms with E-state index in [1.54, 1.807) is 36.5 Å². The fourth-order valence-electron chi connectivity index (χ4n) is 2.95. The van der Waals surface area contributed by atoms with Gasteiger partial charge in [0.15, 0.2) is 5.65 Å². The lowest BCUT2D eigenvalue weighted by atomic mass is 10.0. The molecule has 1 fully saturated rings. The quantitative estimate of drug-likeness (QED) is 0.677. The van der Waals surface area contributed by atoms with Crippen molar-refractivity contribution in [3.63, 3.8) is 0 Å². The number of phenolic OH excluding ortho intramolecular Hbond substituents is 1. The molecule has 3 N–H and O–H groups in total. The zero-order valence-corrected chi connectivity index (χ0v) is 13.2. The molecule has 3 heterocycles. The van der Waals surface area contributed by atoms with Crippen LogP contribution in [0.3, 0.4) is 0 Å². The summed E-state index contributed by atoms with van der Waals surface area (Å²) in [6, 6.07) is 8.66. The van der Waals surface area contributed by atoms with Crippen molar-refractivity contribution in [2.24, 2.45) is 0 Å². The number of aromatic nitrogens is 3. The van der Waals surface area contributed by atoms with Crippen LogP contribution in [0.1, 0.15) is 10.4 Å². The van der Waals surface area contributed by atoms with Crippen molar-refractivity contribution in [2.75, 3.05) is 20.1 Å². The van der Waals surface area contributed by atoms with Gasteiger partial charge in [-0.2, -0.15) is 5.10 Å². The molecule has 1 aliphatic rings. The second-order valence-corrected chi connectivity index (χ2v) is 6.13. The van der Waals surface area contributed by atoms with Crippen LogP contribution in [0.4, 0.5) is 0 Å². The highest BCUT2D eigenvalue weighted by Crippen LogP contribution is 2.25. The van der Waals surface area contributed by atoms with Crippen molar-refractivity contribution in [1.82, 2.24) is 25.4 Å². The molecule has 7 nitrogen and oxygen atoms in total. The van der Waals surface area contributed by atoms with Crippen LogP contribution >= 0.6 is 0 Å². The Morgan fingerprint density at radius 2 is 2.08 bits per heavy atom. The van der Waals surface area contributed by atoms with Gasteiger partial charge in [0.05, 0.1) is 28.9 Å². The maximum Gasteiger partial charge on any atom is 0.252 e. The first-order valence-electron chi connectivity index (χ1n) is 7.73. The van der Waals surface area contributed by atoms with Crippen LogP contribution in [0.25, 0.3) is 22.3 Å². The highest BCUT2D eigenvalue weighted by atomic mass is 16.3. The number of H-pyrrole nitrogens is 1. The number of hydrogen-bond donors (Lipinski definition) is 3. The summed E-state index contributed by atoms with van der Waals surface area (Å²) in [5.74, 6) is 0.0652. The summed E-state index contributed by atoms with van der Waals surface area (Å²) >= 11 is 0. The number of fused-ring (bicyclic) bond motifs is 1. The molecule has 122 valence electrons. The third-order valence-electron chi connectivity index (χ3n) is 4.23. The minimum Gasteiger partial charge on any atom is -0.508 e. The molecule has 0 spiro atoms. The van der Waals surface area contributed by atoms with E-state index in [0.29, 0.717) is 22.3 Å². The van der Waals surface area contributed by atoms with Crippen molar-refractivity contribution in [3.8, 4) is 17.0 Å². The van der Waals surface area contributed by atoms with Crippen LogP contribution in [0.5, 0.6) is 5.75 Å². The number of aromatic hydroxyl groups is 1. The summed E-state index contributed by atoms with van der Waals surface area (Å²) in [6.07, 6.45) is 1.62. The van der Waals surface area contributed by atoms with E-state index >= 15 is 0 Å². The maximum atomic E-state index is 12.7. The Labute approximate surface area is 138 Å². The average molecular weight is 323 g/mol. The molecule has 0 bridgehead atoms. The predicted octanol–water partition coefficient (Wildman–Crippen LogP) is 1.37. The zero-order valence-electron chi connectivity index (χ0n) is 13.2. The molecular weight excluding hydrogens is 306 g/mol. The van der Waals surface area contributed by atoms with Crippen molar-refractivity contribution >= 4 is 16.9 Å². The van der Waals surface area contributed by atoms with E-state index in [0.717, 1.165) is 18.7 Å². The van der Waals surface area contributed by atoms with Gasteiger partial charge in [0.25, 0.3) is 5.91 Å². The lowest BCUT2D eigenvalue weighted by Crippen LogP contribution is -2.57. The van der Waals surface area contributed by atoms with Crippen LogP contribution < -0.4 is 5.32 Å².